The lowest BCUT2D eigenvalue weighted by Crippen LogP contribution is -2.51. The third-order valence-corrected chi connectivity index (χ3v) is 8.77. The predicted octanol–water partition coefficient (Wildman–Crippen LogP) is 6.84. The van der Waals surface area contributed by atoms with Gasteiger partial charge < -0.3 is 19.7 Å². The average molecular weight is 669 g/mol. The molecule has 11 nitrogen and oxygen atoms in total. The maximum Gasteiger partial charge on any atom is 0.410 e. The standard InChI is InChI=1S/C33H38F2N6O5S/c1-6-16-47(43,44)40-28-23-10-9-20(2)29(24(23)11-12-26(28)35)45-30-25(8-7-14-36-30)27-13-15-37-31(39-27)38-22-17-21(34)18-41(19-22)32(42)46-33(3,4)5/h7-15,21-22,40H,6,16-19H2,1-5H3,(H,37,38,39)/t21-,22-/m0/s1. The summed E-state index contributed by atoms with van der Waals surface area (Å²) >= 11 is 0. The Kier molecular flexibility index (Phi) is 9.80. The van der Waals surface area contributed by atoms with Crippen LogP contribution in [0.1, 0.15) is 46.1 Å². The topological polar surface area (TPSA) is 136 Å². The summed E-state index contributed by atoms with van der Waals surface area (Å²) in [6.07, 6.45) is 1.79. The summed E-state index contributed by atoms with van der Waals surface area (Å²) in [5, 5.41) is 3.96. The van der Waals surface area contributed by atoms with Crippen molar-refractivity contribution < 1.29 is 31.5 Å². The van der Waals surface area contributed by atoms with Gasteiger partial charge in [0.25, 0.3) is 0 Å². The Balaban J connectivity index is 1.42. The Hall–Kier alpha value is -4.59. The highest BCUT2D eigenvalue weighted by Crippen LogP contribution is 2.39. The number of rotatable bonds is 9. The second-order valence-electron chi connectivity index (χ2n) is 12.4. The molecule has 1 saturated heterocycles. The van der Waals surface area contributed by atoms with E-state index >= 15 is 0 Å². The van der Waals surface area contributed by atoms with E-state index in [2.05, 4.69) is 25.0 Å². The molecule has 1 fully saturated rings. The third-order valence-electron chi connectivity index (χ3n) is 7.31. The molecule has 4 aromatic rings. The van der Waals surface area contributed by atoms with Crippen LogP contribution in [0.15, 0.2) is 54.9 Å². The molecule has 2 aromatic heterocycles. The molecular weight excluding hydrogens is 630 g/mol. The molecule has 3 heterocycles. The number of halogens is 2. The van der Waals surface area contributed by atoms with E-state index in [1.807, 2.05) is 6.92 Å². The molecule has 0 aliphatic carbocycles. The van der Waals surface area contributed by atoms with Crippen LogP contribution in [0.25, 0.3) is 22.0 Å². The number of anilines is 2. The number of carbonyl (C=O) groups is 1. The largest absolute Gasteiger partial charge is 0.444 e. The zero-order valence-electron chi connectivity index (χ0n) is 26.9. The summed E-state index contributed by atoms with van der Waals surface area (Å²) in [5.41, 5.74) is 0.819. The first-order valence-corrected chi connectivity index (χ1v) is 17.0. The molecule has 14 heteroatoms. The van der Waals surface area contributed by atoms with E-state index in [1.165, 1.54) is 17.0 Å². The maximum atomic E-state index is 14.9. The van der Waals surface area contributed by atoms with E-state index in [4.69, 9.17) is 9.47 Å². The van der Waals surface area contributed by atoms with Crippen LogP contribution >= 0.6 is 0 Å². The Bertz CT molecular complexity index is 1890. The summed E-state index contributed by atoms with van der Waals surface area (Å²) in [4.78, 5) is 27.3. The van der Waals surface area contributed by atoms with Crippen LogP contribution in [0, 0.1) is 12.7 Å². The number of hydrogen-bond acceptors (Lipinski definition) is 9. The second kappa shape index (κ2) is 13.6. The summed E-state index contributed by atoms with van der Waals surface area (Å²) in [6, 6.07) is 10.8. The van der Waals surface area contributed by atoms with Crippen LogP contribution < -0.4 is 14.8 Å². The van der Waals surface area contributed by atoms with Crippen LogP contribution in [0.5, 0.6) is 11.6 Å². The number of carbonyl (C=O) groups excluding carboxylic acids is 1. The zero-order chi connectivity index (χ0) is 33.9. The van der Waals surface area contributed by atoms with Gasteiger partial charge in [0.1, 0.15) is 23.3 Å². The van der Waals surface area contributed by atoms with Crippen molar-refractivity contribution in [3.05, 3.63) is 66.2 Å². The van der Waals surface area contributed by atoms with Crippen molar-refractivity contribution in [3.8, 4) is 22.9 Å². The number of pyridine rings is 1. The number of fused-ring (bicyclic) bond motifs is 1. The summed E-state index contributed by atoms with van der Waals surface area (Å²) < 4.78 is 68.9. The molecule has 2 atom stereocenters. The fourth-order valence-corrected chi connectivity index (χ4v) is 6.48. The fraction of sp³-hybridized carbons (Fsp3) is 0.394. The Morgan fingerprint density at radius 1 is 1.06 bits per heavy atom. The number of piperidine rings is 1. The lowest BCUT2D eigenvalue weighted by Gasteiger charge is -2.36. The van der Waals surface area contributed by atoms with Crippen LogP contribution in [-0.2, 0) is 14.8 Å². The molecule has 250 valence electrons. The van der Waals surface area contributed by atoms with Gasteiger partial charge in [0.15, 0.2) is 0 Å². The van der Waals surface area contributed by atoms with E-state index in [-0.39, 0.29) is 42.8 Å². The molecule has 0 radical (unpaired) electrons. The summed E-state index contributed by atoms with van der Waals surface area (Å²) in [7, 11) is -3.77. The predicted molar refractivity (Wildman–Crippen MR) is 176 cm³/mol. The van der Waals surface area contributed by atoms with Crippen LogP contribution in [0.4, 0.5) is 25.2 Å². The number of nitrogens with one attached hydrogen (secondary N) is 2. The first-order chi connectivity index (χ1) is 22.2. The molecular formula is C33H38F2N6O5S. The zero-order valence-corrected chi connectivity index (χ0v) is 27.7. The molecule has 5 rings (SSSR count). The Morgan fingerprint density at radius 2 is 1.83 bits per heavy atom. The molecule has 0 unspecified atom stereocenters. The van der Waals surface area contributed by atoms with Gasteiger partial charge in [-0.25, -0.2) is 36.9 Å². The summed E-state index contributed by atoms with van der Waals surface area (Å²) in [6.45, 7) is 8.96. The number of nitrogens with zero attached hydrogens (tertiary/aromatic N) is 4. The first-order valence-electron chi connectivity index (χ1n) is 15.3. The number of likely N-dealkylation sites (tertiary alicyclic amines) is 1. The van der Waals surface area contributed by atoms with Crippen LogP contribution in [-0.4, -0.2) is 71.0 Å². The average Bonchev–Trinajstić information content (AvgIpc) is 2.99. The highest BCUT2D eigenvalue weighted by molar-refractivity contribution is 7.92. The van der Waals surface area contributed by atoms with Crippen molar-refractivity contribution in [2.45, 2.75) is 65.3 Å². The Morgan fingerprint density at radius 3 is 2.57 bits per heavy atom. The lowest BCUT2D eigenvalue weighted by molar-refractivity contribution is 0.0124. The van der Waals surface area contributed by atoms with E-state index in [0.29, 0.717) is 39.8 Å². The van der Waals surface area contributed by atoms with Crippen molar-refractivity contribution in [2.75, 3.05) is 28.9 Å². The van der Waals surface area contributed by atoms with Gasteiger partial charge in [0.2, 0.25) is 21.9 Å². The molecule has 0 spiro atoms. The molecule has 1 aliphatic heterocycles. The number of sulfonamides is 1. The highest BCUT2D eigenvalue weighted by Gasteiger charge is 2.33. The minimum atomic E-state index is -3.77. The van der Waals surface area contributed by atoms with Gasteiger partial charge in [-0.2, -0.15) is 0 Å². The monoisotopic (exact) mass is 668 g/mol. The second-order valence-corrected chi connectivity index (χ2v) is 14.3. The molecule has 47 heavy (non-hydrogen) atoms. The van der Waals surface area contributed by atoms with Crippen molar-refractivity contribution in [1.82, 2.24) is 19.9 Å². The minimum Gasteiger partial charge on any atom is -0.444 e. The number of benzene rings is 2. The molecule has 2 N–H and O–H groups in total. The van der Waals surface area contributed by atoms with Gasteiger partial charge in [-0.3, -0.25) is 4.72 Å². The number of aryl methyl sites for hydroxylation is 1. The van der Waals surface area contributed by atoms with Crippen LogP contribution in [0.2, 0.25) is 0 Å². The maximum absolute atomic E-state index is 14.9. The van der Waals surface area contributed by atoms with Gasteiger partial charge in [0.05, 0.1) is 29.2 Å². The third kappa shape index (κ3) is 8.23. The van der Waals surface area contributed by atoms with Gasteiger partial charge in [-0.15, -0.1) is 0 Å². The molecule has 1 amide bonds. The summed E-state index contributed by atoms with van der Waals surface area (Å²) in [5.74, 6) is -0.0754. The van der Waals surface area contributed by atoms with Crippen molar-refractivity contribution in [1.29, 1.82) is 0 Å². The fourth-order valence-electron chi connectivity index (χ4n) is 5.32. The van der Waals surface area contributed by atoms with E-state index in [1.54, 1.807) is 70.4 Å². The number of aromatic nitrogens is 3. The lowest BCUT2D eigenvalue weighted by atomic mass is 10.0. The Labute approximate surface area is 272 Å². The van der Waals surface area contributed by atoms with Gasteiger partial charge >= 0.3 is 6.09 Å². The molecule has 1 aliphatic rings. The number of ether oxygens (including phenoxy) is 2. The molecule has 2 aromatic carbocycles. The van der Waals surface area contributed by atoms with Gasteiger partial charge in [-0.1, -0.05) is 19.1 Å². The normalized spacial score (nSPS) is 17.0. The van der Waals surface area contributed by atoms with Crippen LogP contribution in [0.3, 0.4) is 0 Å². The van der Waals surface area contributed by atoms with E-state index < -0.39 is 39.7 Å². The van der Waals surface area contributed by atoms with Crippen molar-refractivity contribution >= 4 is 38.5 Å². The number of amides is 1. The van der Waals surface area contributed by atoms with E-state index in [9.17, 15) is 22.0 Å². The van der Waals surface area contributed by atoms with E-state index in [0.717, 1.165) is 0 Å². The van der Waals surface area contributed by atoms with Gasteiger partial charge in [-0.05, 0) is 70.0 Å². The molecule has 0 bridgehead atoms. The highest BCUT2D eigenvalue weighted by atomic mass is 32.2. The number of hydrogen-bond donors (Lipinski definition) is 2. The smallest absolute Gasteiger partial charge is 0.410 e. The van der Waals surface area contributed by atoms with Gasteiger partial charge in [0, 0.05) is 42.2 Å². The quantitative estimate of drug-likeness (QED) is 0.196. The van der Waals surface area contributed by atoms with Crippen molar-refractivity contribution in [2.24, 2.45) is 0 Å². The van der Waals surface area contributed by atoms with Crippen molar-refractivity contribution in [3.63, 3.8) is 0 Å². The minimum absolute atomic E-state index is 0.0588. The number of alkyl halides is 1. The molecule has 0 saturated carbocycles. The SMILES string of the molecule is CCCS(=O)(=O)Nc1c(F)ccc2c(Oc3ncccc3-c3ccnc(N[C@H]4C[C@H](F)CN(C(=O)OC(C)(C)C)C4)n3)c(C)ccc12. The first kappa shape index (κ1) is 33.8.